The van der Waals surface area contributed by atoms with Crippen LogP contribution in [0.5, 0.6) is 0 Å². The molecule has 18 heavy (non-hydrogen) atoms. The molecule has 0 bridgehead atoms. The van der Waals surface area contributed by atoms with Gasteiger partial charge in [0.15, 0.2) is 0 Å². The Morgan fingerprint density at radius 3 is 3.22 bits per heavy atom. The molecule has 0 aliphatic heterocycles. The standard InChI is InChI=1S/C10H10N6OS/c1-5-2-3-6-8(16-18-15-6)7(5)13-10(17)9-11-4-12-14-9/h2,4,7H,3H2,1H3,(H,13,17)(H,11,12,14)/t7-/m0/s1. The van der Waals surface area contributed by atoms with Crippen LogP contribution in [0, 0.1) is 0 Å². The first-order valence-electron chi connectivity index (χ1n) is 5.40. The van der Waals surface area contributed by atoms with E-state index >= 15 is 0 Å². The van der Waals surface area contributed by atoms with Gasteiger partial charge in [0.1, 0.15) is 12.0 Å². The van der Waals surface area contributed by atoms with Gasteiger partial charge in [-0.1, -0.05) is 6.08 Å². The van der Waals surface area contributed by atoms with Gasteiger partial charge < -0.3 is 5.32 Å². The van der Waals surface area contributed by atoms with Gasteiger partial charge >= 0.3 is 0 Å². The van der Waals surface area contributed by atoms with Crippen molar-refractivity contribution in [3.05, 3.63) is 35.2 Å². The maximum Gasteiger partial charge on any atom is 0.289 e. The number of allylic oxidation sites excluding steroid dienone is 1. The highest BCUT2D eigenvalue weighted by Crippen LogP contribution is 2.28. The molecule has 8 heteroatoms. The predicted octanol–water partition coefficient (Wildman–Crippen LogP) is 0.630. The topological polar surface area (TPSA) is 96.5 Å². The highest BCUT2D eigenvalue weighted by atomic mass is 32.1. The van der Waals surface area contributed by atoms with E-state index in [1.54, 1.807) is 0 Å². The van der Waals surface area contributed by atoms with E-state index in [0.717, 1.165) is 23.4 Å². The molecule has 7 nitrogen and oxygen atoms in total. The van der Waals surface area contributed by atoms with Crippen molar-refractivity contribution in [2.24, 2.45) is 0 Å². The number of rotatable bonds is 2. The van der Waals surface area contributed by atoms with Crippen LogP contribution >= 0.6 is 11.7 Å². The first kappa shape index (κ1) is 11.0. The normalized spacial score (nSPS) is 18.1. The third-order valence-corrected chi connectivity index (χ3v) is 3.42. The highest BCUT2D eigenvalue weighted by molar-refractivity contribution is 6.99. The molecular formula is C10H10N6OS. The molecule has 2 heterocycles. The van der Waals surface area contributed by atoms with Crippen LogP contribution in [0.2, 0.25) is 0 Å². The molecule has 0 saturated heterocycles. The van der Waals surface area contributed by atoms with E-state index in [1.165, 1.54) is 18.1 Å². The zero-order chi connectivity index (χ0) is 12.5. The minimum atomic E-state index is -0.300. The van der Waals surface area contributed by atoms with Crippen molar-refractivity contribution in [3.8, 4) is 0 Å². The Labute approximate surface area is 107 Å². The minimum absolute atomic E-state index is 0.193. The Kier molecular flexibility index (Phi) is 2.63. The fourth-order valence-electron chi connectivity index (χ4n) is 1.86. The molecule has 0 fully saturated rings. The number of amides is 1. The molecule has 3 rings (SSSR count). The molecule has 0 aromatic carbocycles. The SMILES string of the molecule is CC1=CCc2nsnc2[C@H]1NC(=O)c1ncn[nH]1. The molecule has 92 valence electrons. The number of aromatic amines is 1. The number of fused-ring (bicyclic) bond motifs is 1. The Hall–Kier alpha value is -2.09. The summed E-state index contributed by atoms with van der Waals surface area (Å²) in [4.78, 5) is 15.8. The maximum atomic E-state index is 11.9. The fraction of sp³-hybridized carbons (Fsp3) is 0.300. The second-order valence-electron chi connectivity index (χ2n) is 3.99. The zero-order valence-electron chi connectivity index (χ0n) is 9.54. The van der Waals surface area contributed by atoms with Crippen LogP contribution in [-0.4, -0.2) is 29.8 Å². The van der Waals surface area contributed by atoms with E-state index in [1.807, 2.05) is 6.92 Å². The van der Waals surface area contributed by atoms with Crippen LogP contribution in [0.3, 0.4) is 0 Å². The summed E-state index contributed by atoms with van der Waals surface area (Å²) in [7, 11) is 0. The first-order valence-corrected chi connectivity index (χ1v) is 6.13. The zero-order valence-corrected chi connectivity index (χ0v) is 10.4. The molecule has 2 aromatic heterocycles. The van der Waals surface area contributed by atoms with Crippen LogP contribution in [0.4, 0.5) is 0 Å². The average Bonchev–Trinajstić information content (AvgIpc) is 3.02. The fourth-order valence-corrected chi connectivity index (χ4v) is 2.47. The summed E-state index contributed by atoms with van der Waals surface area (Å²) in [5.74, 6) is -0.107. The van der Waals surface area contributed by atoms with Gasteiger partial charge in [-0.2, -0.15) is 13.8 Å². The number of nitrogens with zero attached hydrogens (tertiary/aromatic N) is 4. The van der Waals surface area contributed by atoms with Crippen LogP contribution in [0.25, 0.3) is 0 Å². The first-order chi connectivity index (χ1) is 8.75. The molecule has 1 aliphatic rings. The second-order valence-corrected chi connectivity index (χ2v) is 4.52. The largest absolute Gasteiger partial charge is 0.337 e. The summed E-state index contributed by atoms with van der Waals surface area (Å²) in [5.41, 5.74) is 2.81. The third kappa shape index (κ3) is 1.80. The van der Waals surface area contributed by atoms with Gasteiger partial charge in [-0.05, 0) is 12.5 Å². The van der Waals surface area contributed by atoms with Gasteiger partial charge in [-0.3, -0.25) is 9.89 Å². The quantitative estimate of drug-likeness (QED) is 0.774. The molecule has 1 aliphatic carbocycles. The predicted molar refractivity (Wildman–Crippen MR) is 64.0 cm³/mol. The van der Waals surface area contributed by atoms with Gasteiger partial charge in [-0.15, -0.1) is 0 Å². The van der Waals surface area contributed by atoms with E-state index in [-0.39, 0.29) is 17.8 Å². The van der Waals surface area contributed by atoms with Crippen molar-refractivity contribution in [1.29, 1.82) is 0 Å². The van der Waals surface area contributed by atoms with Crippen LogP contribution in [0.15, 0.2) is 18.0 Å². The van der Waals surface area contributed by atoms with Gasteiger partial charge in [0.25, 0.3) is 5.91 Å². The van der Waals surface area contributed by atoms with Gasteiger partial charge in [0.05, 0.1) is 23.5 Å². The van der Waals surface area contributed by atoms with Crippen molar-refractivity contribution in [1.82, 2.24) is 29.2 Å². The number of H-pyrrole nitrogens is 1. The summed E-state index contributed by atoms with van der Waals surface area (Å²) >= 11 is 1.17. The summed E-state index contributed by atoms with van der Waals surface area (Å²) in [6.45, 7) is 1.97. The maximum absolute atomic E-state index is 11.9. The monoisotopic (exact) mass is 262 g/mol. The van der Waals surface area contributed by atoms with E-state index in [0.29, 0.717) is 0 Å². The summed E-state index contributed by atoms with van der Waals surface area (Å²) < 4.78 is 8.46. The number of hydrogen-bond donors (Lipinski definition) is 2. The second kappa shape index (κ2) is 4.30. The lowest BCUT2D eigenvalue weighted by Crippen LogP contribution is -2.32. The Bertz CT molecular complexity index is 602. The molecule has 2 aromatic rings. The summed E-state index contributed by atoms with van der Waals surface area (Å²) in [5, 5.41) is 9.06. The number of carbonyl (C=O) groups excluding carboxylic acids is 1. The molecule has 0 unspecified atom stereocenters. The number of carbonyl (C=O) groups is 1. The van der Waals surface area contributed by atoms with Gasteiger partial charge in [-0.25, -0.2) is 4.98 Å². The van der Waals surface area contributed by atoms with E-state index in [9.17, 15) is 4.79 Å². The third-order valence-electron chi connectivity index (χ3n) is 2.84. The van der Waals surface area contributed by atoms with Crippen LogP contribution in [0.1, 0.15) is 35.0 Å². The number of aromatic nitrogens is 5. The molecule has 1 amide bonds. The lowest BCUT2D eigenvalue weighted by molar-refractivity contribution is 0.0931. The van der Waals surface area contributed by atoms with Gasteiger partial charge in [0, 0.05) is 6.42 Å². The van der Waals surface area contributed by atoms with Crippen LogP contribution < -0.4 is 5.32 Å². The summed E-state index contributed by atoms with van der Waals surface area (Å²) in [6.07, 6.45) is 4.12. The lowest BCUT2D eigenvalue weighted by Gasteiger charge is -2.21. The average molecular weight is 262 g/mol. The van der Waals surface area contributed by atoms with Crippen molar-refractivity contribution >= 4 is 17.6 Å². The lowest BCUT2D eigenvalue weighted by atomic mass is 9.96. The molecule has 0 radical (unpaired) electrons. The minimum Gasteiger partial charge on any atom is -0.337 e. The number of hydrogen-bond acceptors (Lipinski definition) is 6. The Morgan fingerprint density at radius 1 is 1.56 bits per heavy atom. The van der Waals surface area contributed by atoms with E-state index in [4.69, 9.17) is 0 Å². The Balaban J connectivity index is 1.86. The molecular weight excluding hydrogens is 252 g/mol. The number of nitrogens with one attached hydrogen (secondary N) is 2. The van der Waals surface area contributed by atoms with Crippen molar-refractivity contribution in [2.75, 3.05) is 0 Å². The van der Waals surface area contributed by atoms with E-state index in [2.05, 4.69) is 35.3 Å². The van der Waals surface area contributed by atoms with Crippen LogP contribution in [-0.2, 0) is 6.42 Å². The summed E-state index contributed by atoms with van der Waals surface area (Å²) in [6, 6.07) is -0.231. The highest BCUT2D eigenvalue weighted by Gasteiger charge is 2.26. The van der Waals surface area contributed by atoms with Crippen molar-refractivity contribution < 1.29 is 4.79 Å². The molecule has 2 N–H and O–H groups in total. The van der Waals surface area contributed by atoms with E-state index < -0.39 is 0 Å². The van der Waals surface area contributed by atoms with Crippen molar-refractivity contribution in [3.63, 3.8) is 0 Å². The molecule has 0 spiro atoms. The molecule has 0 saturated carbocycles. The van der Waals surface area contributed by atoms with Crippen molar-refractivity contribution in [2.45, 2.75) is 19.4 Å². The smallest absolute Gasteiger partial charge is 0.289 e. The van der Waals surface area contributed by atoms with Gasteiger partial charge in [0.2, 0.25) is 5.82 Å². The molecule has 1 atom stereocenters. The Morgan fingerprint density at radius 2 is 2.44 bits per heavy atom.